The number of rotatable bonds is 6. The van der Waals surface area contributed by atoms with Crippen LogP contribution in [0.15, 0.2) is 86.9 Å². The fraction of sp³-hybridized carbons (Fsp3) is 0.160. The third-order valence-corrected chi connectivity index (χ3v) is 6.89. The molecule has 0 bridgehead atoms. The van der Waals surface area contributed by atoms with Crippen molar-refractivity contribution in [2.45, 2.75) is 31.0 Å². The van der Waals surface area contributed by atoms with Crippen LogP contribution in [-0.2, 0) is 29.2 Å². The maximum Gasteiger partial charge on any atom is 0.417 e. The minimum atomic E-state index is -4.70. The van der Waals surface area contributed by atoms with Crippen molar-refractivity contribution in [1.82, 2.24) is 4.72 Å². The van der Waals surface area contributed by atoms with Crippen LogP contribution >= 0.6 is 0 Å². The molecule has 176 valence electrons. The van der Waals surface area contributed by atoms with Gasteiger partial charge < -0.3 is 4.42 Å². The Hall–Kier alpha value is -3.43. The molecule has 4 aromatic rings. The largest absolute Gasteiger partial charge is 0.423 e. The van der Waals surface area contributed by atoms with Gasteiger partial charge in [0.1, 0.15) is 5.58 Å². The molecule has 0 unspecified atom stereocenters. The van der Waals surface area contributed by atoms with E-state index >= 15 is 0 Å². The number of hydrogen-bond acceptors (Lipinski definition) is 4. The maximum absolute atomic E-state index is 13.4. The molecule has 0 radical (unpaired) electrons. The SMILES string of the molecule is Cc1ccccc1CNS(=O)(=O)c1ccc(Cc2ccc3oc(=O)cc(C(F)(F)F)c3c2)cc1. The summed E-state index contributed by atoms with van der Waals surface area (Å²) in [5.74, 6) is 0. The monoisotopic (exact) mass is 487 g/mol. The van der Waals surface area contributed by atoms with Crippen LogP contribution in [0.25, 0.3) is 11.0 Å². The molecule has 1 heterocycles. The van der Waals surface area contributed by atoms with Gasteiger partial charge in [-0.1, -0.05) is 42.5 Å². The average Bonchev–Trinajstić information content (AvgIpc) is 2.78. The summed E-state index contributed by atoms with van der Waals surface area (Å²) in [6.07, 6.45) is -4.43. The quantitative estimate of drug-likeness (QED) is 0.380. The molecule has 5 nitrogen and oxygen atoms in total. The number of sulfonamides is 1. The van der Waals surface area contributed by atoms with Crippen molar-refractivity contribution in [1.29, 1.82) is 0 Å². The molecule has 0 fully saturated rings. The Bertz CT molecular complexity index is 1510. The van der Waals surface area contributed by atoms with E-state index in [0.717, 1.165) is 11.1 Å². The van der Waals surface area contributed by atoms with Gasteiger partial charge in [0.15, 0.2) is 0 Å². The third-order valence-electron chi connectivity index (χ3n) is 5.47. The van der Waals surface area contributed by atoms with E-state index in [4.69, 9.17) is 4.42 Å². The van der Waals surface area contributed by atoms with Gasteiger partial charge in [-0.15, -0.1) is 0 Å². The van der Waals surface area contributed by atoms with E-state index in [1.54, 1.807) is 18.2 Å². The van der Waals surface area contributed by atoms with E-state index in [2.05, 4.69) is 4.72 Å². The predicted molar refractivity (Wildman–Crippen MR) is 122 cm³/mol. The fourth-order valence-corrected chi connectivity index (χ4v) is 4.65. The minimum Gasteiger partial charge on any atom is -0.423 e. The molecule has 1 N–H and O–H groups in total. The van der Waals surface area contributed by atoms with Gasteiger partial charge in [0.25, 0.3) is 0 Å². The normalized spacial score (nSPS) is 12.2. The van der Waals surface area contributed by atoms with Crippen molar-refractivity contribution in [3.8, 4) is 0 Å². The molecule has 0 spiro atoms. The topological polar surface area (TPSA) is 76.4 Å². The van der Waals surface area contributed by atoms with Gasteiger partial charge in [-0.3, -0.25) is 0 Å². The van der Waals surface area contributed by atoms with Gasteiger partial charge in [0, 0.05) is 18.0 Å². The molecule has 4 rings (SSSR count). The van der Waals surface area contributed by atoms with Gasteiger partial charge in [0.2, 0.25) is 10.0 Å². The summed E-state index contributed by atoms with van der Waals surface area (Å²) in [6.45, 7) is 2.06. The van der Waals surface area contributed by atoms with Gasteiger partial charge in [0.05, 0.1) is 10.5 Å². The van der Waals surface area contributed by atoms with Crippen molar-refractivity contribution < 1.29 is 26.0 Å². The second-order valence-electron chi connectivity index (χ2n) is 7.88. The predicted octanol–water partition coefficient (Wildman–Crippen LogP) is 5.19. The van der Waals surface area contributed by atoms with Crippen molar-refractivity contribution in [2.75, 3.05) is 0 Å². The van der Waals surface area contributed by atoms with E-state index in [9.17, 15) is 26.4 Å². The molecule has 0 aliphatic heterocycles. The van der Waals surface area contributed by atoms with Crippen molar-refractivity contribution in [3.63, 3.8) is 0 Å². The number of nitrogens with one attached hydrogen (secondary N) is 1. The number of alkyl halides is 3. The molecule has 0 atom stereocenters. The first-order valence-electron chi connectivity index (χ1n) is 10.3. The first-order chi connectivity index (χ1) is 16.0. The maximum atomic E-state index is 13.4. The number of hydrogen-bond donors (Lipinski definition) is 1. The Labute approximate surface area is 193 Å². The molecule has 0 amide bonds. The molecule has 3 aromatic carbocycles. The van der Waals surface area contributed by atoms with Crippen molar-refractivity contribution in [3.05, 3.63) is 111 Å². The van der Waals surface area contributed by atoms with Gasteiger partial charge in [-0.2, -0.15) is 13.2 Å². The molecule has 0 saturated heterocycles. The van der Waals surface area contributed by atoms with E-state index in [1.165, 1.54) is 24.3 Å². The lowest BCUT2D eigenvalue weighted by molar-refractivity contribution is -0.136. The number of halogens is 3. The van der Waals surface area contributed by atoms with E-state index < -0.39 is 27.4 Å². The Balaban J connectivity index is 1.54. The summed E-state index contributed by atoms with van der Waals surface area (Å²) in [7, 11) is -3.74. The van der Waals surface area contributed by atoms with Crippen LogP contribution in [0, 0.1) is 6.92 Å². The van der Waals surface area contributed by atoms with Gasteiger partial charge in [-0.25, -0.2) is 17.9 Å². The van der Waals surface area contributed by atoms with E-state index in [1.807, 2.05) is 31.2 Å². The first-order valence-corrected chi connectivity index (χ1v) is 11.8. The molecule has 9 heteroatoms. The zero-order valence-corrected chi connectivity index (χ0v) is 18.8. The Morgan fingerprint density at radius 2 is 1.59 bits per heavy atom. The molecule has 34 heavy (non-hydrogen) atoms. The summed E-state index contributed by atoms with van der Waals surface area (Å²) in [6, 6.07) is 18.3. The summed E-state index contributed by atoms with van der Waals surface area (Å²) >= 11 is 0. The van der Waals surface area contributed by atoms with Crippen LogP contribution in [0.4, 0.5) is 13.2 Å². The smallest absolute Gasteiger partial charge is 0.417 e. The zero-order chi connectivity index (χ0) is 24.5. The highest BCUT2D eigenvalue weighted by molar-refractivity contribution is 7.89. The first kappa shape index (κ1) is 23.7. The molecule has 1 aromatic heterocycles. The highest BCUT2D eigenvalue weighted by Crippen LogP contribution is 2.34. The molecule has 0 aliphatic rings. The summed E-state index contributed by atoms with van der Waals surface area (Å²) in [4.78, 5) is 11.6. The second-order valence-corrected chi connectivity index (χ2v) is 9.65. The average molecular weight is 487 g/mol. The van der Waals surface area contributed by atoms with Crippen LogP contribution in [0.1, 0.15) is 27.8 Å². The number of benzene rings is 3. The van der Waals surface area contributed by atoms with Crippen LogP contribution in [-0.4, -0.2) is 8.42 Å². The van der Waals surface area contributed by atoms with Gasteiger partial charge >= 0.3 is 11.8 Å². The van der Waals surface area contributed by atoms with Gasteiger partial charge in [-0.05, 0) is 59.9 Å². The van der Waals surface area contributed by atoms with E-state index in [0.29, 0.717) is 17.2 Å². The Kier molecular flexibility index (Phi) is 6.33. The number of fused-ring (bicyclic) bond motifs is 1. The number of aryl methyl sites for hydroxylation is 1. The van der Waals surface area contributed by atoms with E-state index in [-0.39, 0.29) is 28.8 Å². The summed E-state index contributed by atoms with van der Waals surface area (Å²) in [5, 5.41) is -0.204. The molecular formula is C25H20F3NO4S. The highest BCUT2D eigenvalue weighted by Gasteiger charge is 2.33. The lowest BCUT2D eigenvalue weighted by atomic mass is 10.0. The lowest BCUT2D eigenvalue weighted by Gasteiger charge is -2.11. The third kappa shape index (κ3) is 5.21. The van der Waals surface area contributed by atoms with Crippen molar-refractivity contribution >= 4 is 21.0 Å². The molecular weight excluding hydrogens is 467 g/mol. The van der Waals surface area contributed by atoms with Crippen LogP contribution < -0.4 is 10.3 Å². The summed E-state index contributed by atoms with van der Waals surface area (Å²) in [5.41, 5.74) is 0.840. The van der Waals surface area contributed by atoms with Crippen LogP contribution in [0.3, 0.4) is 0 Å². The zero-order valence-electron chi connectivity index (χ0n) is 18.0. The van der Waals surface area contributed by atoms with Crippen LogP contribution in [0.2, 0.25) is 0 Å². The van der Waals surface area contributed by atoms with Crippen molar-refractivity contribution in [2.24, 2.45) is 0 Å². The molecule has 0 saturated carbocycles. The second kappa shape index (κ2) is 9.08. The summed E-state index contributed by atoms with van der Waals surface area (Å²) < 4.78 is 72.8. The van der Waals surface area contributed by atoms with Crippen LogP contribution in [0.5, 0.6) is 0 Å². The highest BCUT2D eigenvalue weighted by atomic mass is 32.2. The molecule has 0 aliphatic carbocycles. The fourth-order valence-electron chi connectivity index (χ4n) is 3.64. The Morgan fingerprint density at radius 3 is 2.26 bits per heavy atom. The standard InChI is InChI=1S/C25H20F3NO4S/c1-16-4-2-3-5-19(16)15-29-34(31,32)20-9-6-17(7-10-20)12-18-8-11-23-21(13-18)22(25(26,27)28)14-24(30)33-23/h2-11,13-14,29H,12,15H2,1H3. The lowest BCUT2D eigenvalue weighted by Crippen LogP contribution is -2.23. The minimum absolute atomic E-state index is 0.0875. The Morgan fingerprint density at radius 1 is 0.912 bits per heavy atom.